The molecule has 2 rings (SSSR count). The van der Waals surface area contributed by atoms with Crippen molar-refractivity contribution in [3.63, 3.8) is 0 Å². The third-order valence-corrected chi connectivity index (χ3v) is 3.60. The van der Waals surface area contributed by atoms with Crippen LogP contribution in [0.4, 0.5) is 0 Å². The topological polar surface area (TPSA) is 80.6 Å². The van der Waals surface area contributed by atoms with E-state index in [1.807, 2.05) is 24.3 Å². The SMILES string of the molecule is COCCCNC(=O)Cc1c(C(=O)O)n(C)c2ccccc12. The van der Waals surface area contributed by atoms with Gasteiger partial charge in [-0.25, -0.2) is 4.79 Å². The highest BCUT2D eigenvalue weighted by Crippen LogP contribution is 2.25. The van der Waals surface area contributed by atoms with Crippen LogP contribution >= 0.6 is 0 Å². The number of hydrogen-bond donors (Lipinski definition) is 2. The number of benzene rings is 1. The van der Waals surface area contributed by atoms with Crippen LogP contribution in [0.15, 0.2) is 24.3 Å². The van der Waals surface area contributed by atoms with E-state index in [4.69, 9.17) is 4.74 Å². The fraction of sp³-hybridized carbons (Fsp3) is 0.375. The van der Waals surface area contributed by atoms with E-state index < -0.39 is 5.97 Å². The summed E-state index contributed by atoms with van der Waals surface area (Å²) in [5.74, 6) is -1.21. The highest BCUT2D eigenvalue weighted by atomic mass is 16.5. The van der Waals surface area contributed by atoms with Crippen molar-refractivity contribution in [2.24, 2.45) is 7.05 Å². The fourth-order valence-electron chi connectivity index (χ4n) is 2.59. The van der Waals surface area contributed by atoms with Crippen molar-refractivity contribution in [3.8, 4) is 0 Å². The molecule has 1 amide bonds. The first-order valence-electron chi connectivity index (χ1n) is 7.11. The van der Waals surface area contributed by atoms with Crippen LogP contribution in [-0.2, 0) is 23.0 Å². The van der Waals surface area contributed by atoms with Crippen molar-refractivity contribution < 1.29 is 19.4 Å². The minimum atomic E-state index is -1.03. The summed E-state index contributed by atoms with van der Waals surface area (Å²) in [4.78, 5) is 23.6. The summed E-state index contributed by atoms with van der Waals surface area (Å²) in [6.45, 7) is 1.09. The molecular formula is C16H20N2O4. The summed E-state index contributed by atoms with van der Waals surface area (Å²) >= 11 is 0. The normalized spacial score (nSPS) is 10.8. The first-order valence-corrected chi connectivity index (χ1v) is 7.11. The lowest BCUT2D eigenvalue weighted by Gasteiger charge is -2.06. The predicted octanol–water partition coefficient (Wildman–Crippen LogP) is 1.57. The minimum absolute atomic E-state index is 0.0516. The molecule has 0 radical (unpaired) electrons. The second-order valence-electron chi connectivity index (χ2n) is 5.08. The Bertz CT molecular complexity index is 691. The summed E-state index contributed by atoms with van der Waals surface area (Å²) in [6.07, 6.45) is 0.777. The maximum atomic E-state index is 12.0. The van der Waals surface area contributed by atoms with Gasteiger partial charge in [0.2, 0.25) is 5.91 Å². The quantitative estimate of drug-likeness (QED) is 0.761. The number of methoxy groups -OCH3 is 1. The molecule has 0 saturated heterocycles. The van der Waals surface area contributed by atoms with Crippen LogP contribution in [-0.4, -0.2) is 41.8 Å². The number of carbonyl (C=O) groups excluding carboxylic acids is 1. The van der Waals surface area contributed by atoms with Gasteiger partial charge in [-0.1, -0.05) is 18.2 Å². The van der Waals surface area contributed by atoms with Crippen molar-refractivity contribution in [2.75, 3.05) is 20.3 Å². The number of hydrogen-bond acceptors (Lipinski definition) is 3. The van der Waals surface area contributed by atoms with E-state index in [1.54, 1.807) is 18.7 Å². The summed E-state index contributed by atoms with van der Waals surface area (Å²) in [7, 11) is 3.31. The lowest BCUT2D eigenvalue weighted by molar-refractivity contribution is -0.120. The van der Waals surface area contributed by atoms with Gasteiger partial charge in [-0.2, -0.15) is 0 Å². The summed E-state index contributed by atoms with van der Waals surface area (Å²) in [5.41, 5.74) is 1.52. The van der Waals surface area contributed by atoms with Crippen molar-refractivity contribution >= 4 is 22.8 Å². The Morgan fingerprint density at radius 1 is 1.32 bits per heavy atom. The molecule has 6 heteroatoms. The number of para-hydroxylation sites is 1. The number of nitrogens with zero attached hydrogens (tertiary/aromatic N) is 1. The van der Waals surface area contributed by atoms with Gasteiger partial charge in [0.05, 0.1) is 6.42 Å². The van der Waals surface area contributed by atoms with Gasteiger partial charge in [-0.05, 0) is 12.5 Å². The molecule has 0 bridgehead atoms. The number of ether oxygens (including phenoxy) is 1. The molecule has 118 valence electrons. The number of amides is 1. The van der Waals surface area contributed by atoms with E-state index in [9.17, 15) is 14.7 Å². The number of nitrogens with one attached hydrogen (secondary N) is 1. The van der Waals surface area contributed by atoms with Crippen LogP contribution in [0.5, 0.6) is 0 Å². The summed E-state index contributed by atoms with van der Waals surface area (Å²) in [6, 6.07) is 7.38. The molecule has 1 aromatic carbocycles. The molecular weight excluding hydrogens is 284 g/mol. The van der Waals surface area contributed by atoms with E-state index in [2.05, 4.69) is 5.32 Å². The molecule has 0 aliphatic rings. The molecule has 0 aliphatic heterocycles. The number of carboxylic acid groups (broad SMARTS) is 1. The molecule has 0 atom stereocenters. The molecule has 0 spiro atoms. The molecule has 0 unspecified atom stereocenters. The first-order chi connectivity index (χ1) is 10.6. The van der Waals surface area contributed by atoms with Crippen LogP contribution in [0.1, 0.15) is 22.5 Å². The summed E-state index contributed by atoms with van der Waals surface area (Å²) in [5, 5.41) is 13.0. The zero-order valence-electron chi connectivity index (χ0n) is 12.8. The van der Waals surface area contributed by atoms with Crippen LogP contribution in [0.25, 0.3) is 10.9 Å². The van der Waals surface area contributed by atoms with Gasteiger partial charge in [0.25, 0.3) is 0 Å². The zero-order chi connectivity index (χ0) is 16.1. The van der Waals surface area contributed by atoms with Gasteiger partial charge >= 0.3 is 5.97 Å². The second-order valence-corrected chi connectivity index (χ2v) is 5.08. The van der Waals surface area contributed by atoms with Crippen LogP contribution < -0.4 is 5.32 Å². The van der Waals surface area contributed by atoms with Crippen LogP contribution in [0.3, 0.4) is 0 Å². The second kappa shape index (κ2) is 7.09. The maximum Gasteiger partial charge on any atom is 0.352 e. The molecule has 0 saturated carbocycles. The van der Waals surface area contributed by atoms with Gasteiger partial charge in [0.1, 0.15) is 5.69 Å². The molecule has 0 fully saturated rings. The molecule has 22 heavy (non-hydrogen) atoms. The standard InChI is InChI=1S/C16H20N2O4/c1-18-13-7-4-3-6-11(13)12(15(18)16(20)21)10-14(19)17-8-5-9-22-2/h3-4,6-7H,5,8-10H2,1-2H3,(H,17,19)(H,20,21). The maximum absolute atomic E-state index is 12.0. The number of rotatable bonds is 7. The van der Waals surface area contributed by atoms with E-state index >= 15 is 0 Å². The highest BCUT2D eigenvalue weighted by molar-refractivity contribution is 6.00. The number of aryl methyl sites for hydroxylation is 1. The van der Waals surface area contributed by atoms with Crippen molar-refractivity contribution in [3.05, 3.63) is 35.5 Å². The molecule has 1 heterocycles. The number of fused-ring (bicyclic) bond motifs is 1. The molecule has 1 aromatic heterocycles. The third kappa shape index (κ3) is 3.28. The van der Waals surface area contributed by atoms with Crippen molar-refractivity contribution in [1.82, 2.24) is 9.88 Å². The van der Waals surface area contributed by atoms with Gasteiger partial charge in [0.15, 0.2) is 0 Å². The van der Waals surface area contributed by atoms with Gasteiger partial charge in [-0.3, -0.25) is 4.79 Å². The molecule has 2 N–H and O–H groups in total. The average Bonchev–Trinajstić information content (AvgIpc) is 2.77. The van der Waals surface area contributed by atoms with Gasteiger partial charge in [-0.15, -0.1) is 0 Å². The van der Waals surface area contributed by atoms with E-state index in [1.165, 1.54) is 0 Å². The number of aromatic carboxylic acids is 1. The van der Waals surface area contributed by atoms with Gasteiger partial charge in [0, 0.05) is 43.8 Å². The van der Waals surface area contributed by atoms with E-state index in [0.29, 0.717) is 18.7 Å². The van der Waals surface area contributed by atoms with Gasteiger partial charge < -0.3 is 19.7 Å². The van der Waals surface area contributed by atoms with Crippen molar-refractivity contribution in [2.45, 2.75) is 12.8 Å². The number of aromatic nitrogens is 1. The van der Waals surface area contributed by atoms with Crippen LogP contribution in [0.2, 0.25) is 0 Å². The third-order valence-electron chi connectivity index (χ3n) is 3.60. The molecule has 6 nitrogen and oxygen atoms in total. The van der Waals surface area contributed by atoms with Crippen molar-refractivity contribution in [1.29, 1.82) is 0 Å². The minimum Gasteiger partial charge on any atom is -0.477 e. The van der Waals surface area contributed by atoms with E-state index in [-0.39, 0.29) is 18.0 Å². The lowest BCUT2D eigenvalue weighted by atomic mass is 10.1. The average molecular weight is 304 g/mol. The Labute approximate surface area is 128 Å². The van der Waals surface area contributed by atoms with E-state index in [0.717, 1.165) is 17.3 Å². The Hall–Kier alpha value is -2.34. The Balaban J connectivity index is 2.24. The molecule has 2 aromatic rings. The predicted molar refractivity (Wildman–Crippen MR) is 83.1 cm³/mol. The Morgan fingerprint density at radius 2 is 2.05 bits per heavy atom. The Morgan fingerprint density at radius 3 is 2.73 bits per heavy atom. The summed E-state index contributed by atoms with van der Waals surface area (Å²) < 4.78 is 6.54. The largest absolute Gasteiger partial charge is 0.477 e. The zero-order valence-corrected chi connectivity index (χ0v) is 12.8. The fourth-order valence-corrected chi connectivity index (χ4v) is 2.59. The lowest BCUT2D eigenvalue weighted by Crippen LogP contribution is -2.27. The first kappa shape index (κ1) is 16.0. The molecule has 0 aliphatic carbocycles. The Kier molecular flexibility index (Phi) is 5.16. The monoisotopic (exact) mass is 304 g/mol. The highest BCUT2D eigenvalue weighted by Gasteiger charge is 2.21. The van der Waals surface area contributed by atoms with Crippen LogP contribution in [0, 0.1) is 0 Å². The number of carbonyl (C=O) groups is 2. The number of carboxylic acids is 1. The smallest absolute Gasteiger partial charge is 0.352 e.